The Bertz CT molecular complexity index is 393. The molecule has 1 heterocycles. The third-order valence-corrected chi connectivity index (χ3v) is 3.21. The third-order valence-electron chi connectivity index (χ3n) is 3.21. The molecule has 0 spiro atoms. The minimum absolute atomic E-state index is 0.518. The summed E-state index contributed by atoms with van der Waals surface area (Å²) in [5, 5.41) is 3.43. The Morgan fingerprint density at radius 2 is 2.00 bits per heavy atom. The van der Waals surface area contributed by atoms with Crippen LogP contribution in [0, 0.1) is 0 Å². The van der Waals surface area contributed by atoms with Crippen molar-refractivity contribution < 1.29 is 4.74 Å². The zero-order chi connectivity index (χ0) is 12.8. The number of aryl methyl sites for hydroxylation is 1. The van der Waals surface area contributed by atoms with Crippen LogP contribution in [-0.2, 0) is 24.2 Å². The highest BCUT2D eigenvalue weighted by atomic mass is 16.5. The van der Waals surface area contributed by atoms with Gasteiger partial charge in [0.2, 0.25) is 0 Å². The summed E-state index contributed by atoms with van der Waals surface area (Å²) in [6.45, 7) is 6.36. The Morgan fingerprint density at radius 3 is 2.78 bits per heavy atom. The van der Waals surface area contributed by atoms with Gasteiger partial charge in [0.15, 0.2) is 5.82 Å². The second kappa shape index (κ2) is 6.69. The number of hydrogen-bond acceptors (Lipinski definition) is 4. The Kier molecular flexibility index (Phi) is 4.93. The standard InChI is InChI=1S/C14H23N3O/c1-3-9-15-14-11-7-5-6-8-12(11)16-13(17-14)10-18-4-2/h3-10H2,1-2H3,(H,15,16,17). The summed E-state index contributed by atoms with van der Waals surface area (Å²) in [6.07, 6.45) is 5.79. The quantitative estimate of drug-likeness (QED) is 0.842. The molecule has 1 aromatic rings. The molecule has 100 valence electrons. The second-order valence-corrected chi connectivity index (χ2v) is 4.68. The first-order valence-corrected chi connectivity index (χ1v) is 7.05. The molecule has 0 bridgehead atoms. The highest BCUT2D eigenvalue weighted by Gasteiger charge is 2.17. The average Bonchev–Trinajstić information content (AvgIpc) is 2.42. The molecule has 4 nitrogen and oxygen atoms in total. The van der Waals surface area contributed by atoms with Gasteiger partial charge in [-0.2, -0.15) is 0 Å². The van der Waals surface area contributed by atoms with Crippen molar-refractivity contribution in [3.05, 3.63) is 17.1 Å². The van der Waals surface area contributed by atoms with Gasteiger partial charge in [-0.05, 0) is 39.0 Å². The summed E-state index contributed by atoms with van der Waals surface area (Å²) in [6, 6.07) is 0. The van der Waals surface area contributed by atoms with Gasteiger partial charge in [-0.15, -0.1) is 0 Å². The van der Waals surface area contributed by atoms with Gasteiger partial charge in [0.05, 0.1) is 0 Å². The fourth-order valence-corrected chi connectivity index (χ4v) is 2.29. The van der Waals surface area contributed by atoms with Crippen LogP contribution in [0.4, 0.5) is 5.82 Å². The van der Waals surface area contributed by atoms with Gasteiger partial charge in [0.1, 0.15) is 12.4 Å². The molecule has 2 rings (SSSR count). The zero-order valence-electron chi connectivity index (χ0n) is 11.5. The Balaban J connectivity index is 2.22. The third kappa shape index (κ3) is 3.19. The Morgan fingerprint density at radius 1 is 1.17 bits per heavy atom. The van der Waals surface area contributed by atoms with Crippen molar-refractivity contribution in [3.63, 3.8) is 0 Å². The van der Waals surface area contributed by atoms with Gasteiger partial charge in [0.25, 0.3) is 0 Å². The van der Waals surface area contributed by atoms with Crippen molar-refractivity contribution in [2.24, 2.45) is 0 Å². The predicted molar refractivity (Wildman–Crippen MR) is 72.8 cm³/mol. The van der Waals surface area contributed by atoms with Gasteiger partial charge in [-0.1, -0.05) is 6.92 Å². The van der Waals surface area contributed by atoms with E-state index in [-0.39, 0.29) is 0 Å². The summed E-state index contributed by atoms with van der Waals surface area (Å²) in [5.41, 5.74) is 2.56. The Hall–Kier alpha value is -1.16. The number of aromatic nitrogens is 2. The van der Waals surface area contributed by atoms with Gasteiger partial charge < -0.3 is 10.1 Å². The molecule has 0 saturated carbocycles. The molecule has 0 atom stereocenters. The second-order valence-electron chi connectivity index (χ2n) is 4.68. The van der Waals surface area contributed by atoms with Gasteiger partial charge in [0, 0.05) is 24.4 Å². The maximum atomic E-state index is 5.42. The maximum Gasteiger partial charge on any atom is 0.156 e. The lowest BCUT2D eigenvalue weighted by Crippen LogP contribution is -2.15. The molecular weight excluding hydrogens is 226 g/mol. The molecule has 0 unspecified atom stereocenters. The highest BCUT2D eigenvalue weighted by molar-refractivity contribution is 5.47. The number of ether oxygens (including phenoxy) is 1. The van der Waals surface area contributed by atoms with Crippen LogP contribution in [0.25, 0.3) is 0 Å². The summed E-state index contributed by atoms with van der Waals surface area (Å²) in [5.74, 6) is 1.85. The van der Waals surface area contributed by atoms with Gasteiger partial charge in [-0.3, -0.25) is 0 Å². The molecule has 0 aromatic carbocycles. The normalized spacial score (nSPS) is 14.3. The molecule has 0 aliphatic heterocycles. The molecule has 1 aliphatic carbocycles. The molecule has 18 heavy (non-hydrogen) atoms. The minimum Gasteiger partial charge on any atom is -0.374 e. The lowest BCUT2D eigenvalue weighted by molar-refractivity contribution is 0.128. The number of nitrogens with one attached hydrogen (secondary N) is 1. The van der Waals surface area contributed by atoms with E-state index < -0.39 is 0 Å². The zero-order valence-corrected chi connectivity index (χ0v) is 11.5. The van der Waals surface area contributed by atoms with Crippen LogP contribution in [0.3, 0.4) is 0 Å². The van der Waals surface area contributed by atoms with Crippen molar-refractivity contribution >= 4 is 5.82 Å². The minimum atomic E-state index is 0.518. The van der Waals surface area contributed by atoms with Crippen molar-refractivity contribution in [3.8, 4) is 0 Å². The average molecular weight is 249 g/mol. The largest absolute Gasteiger partial charge is 0.374 e. The molecule has 4 heteroatoms. The first kappa shape index (κ1) is 13.3. The van der Waals surface area contributed by atoms with Crippen molar-refractivity contribution in [2.45, 2.75) is 52.6 Å². The van der Waals surface area contributed by atoms with Gasteiger partial charge >= 0.3 is 0 Å². The van der Waals surface area contributed by atoms with E-state index in [1.54, 1.807) is 0 Å². The molecule has 1 aliphatic rings. The van der Waals surface area contributed by atoms with Crippen LogP contribution in [-0.4, -0.2) is 23.1 Å². The summed E-state index contributed by atoms with van der Waals surface area (Å²) < 4.78 is 5.42. The molecular formula is C14H23N3O. The molecule has 1 aromatic heterocycles. The SMILES string of the molecule is CCCNc1nc(COCC)nc2c1CCCC2. The number of anilines is 1. The fourth-order valence-electron chi connectivity index (χ4n) is 2.29. The van der Waals surface area contributed by atoms with Gasteiger partial charge in [-0.25, -0.2) is 9.97 Å². The number of rotatable bonds is 6. The summed E-state index contributed by atoms with van der Waals surface area (Å²) in [4.78, 5) is 9.26. The number of nitrogens with zero attached hydrogens (tertiary/aromatic N) is 2. The van der Waals surface area contributed by atoms with E-state index in [0.29, 0.717) is 13.2 Å². The monoisotopic (exact) mass is 249 g/mol. The molecule has 0 saturated heterocycles. The van der Waals surface area contributed by atoms with Crippen molar-refractivity contribution in [1.82, 2.24) is 9.97 Å². The maximum absolute atomic E-state index is 5.42. The smallest absolute Gasteiger partial charge is 0.156 e. The summed E-state index contributed by atoms with van der Waals surface area (Å²) >= 11 is 0. The lowest BCUT2D eigenvalue weighted by Gasteiger charge is -2.19. The van der Waals surface area contributed by atoms with E-state index in [4.69, 9.17) is 4.74 Å². The van der Waals surface area contributed by atoms with E-state index in [2.05, 4.69) is 22.2 Å². The van der Waals surface area contributed by atoms with Crippen LogP contribution >= 0.6 is 0 Å². The van der Waals surface area contributed by atoms with E-state index in [9.17, 15) is 0 Å². The van der Waals surface area contributed by atoms with E-state index in [1.165, 1.54) is 24.1 Å². The fraction of sp³-hybridized carbons (Fsp3) is 0.714. The van der Waals surface area contributed by atoms with Crippen molar-refractivity contribution in [2.75, 3.05) is 18.5 Å². The first-order valence-electron chi connectivity index (χ1n) is 7.05. The van der Waals surface area contributed by atoms with Crippen LogP contribution in [0.1, 0.15) is 50.2 Å². The molecule has 1 N–H and O–H groups in total. The van der Waals surface area contributed by atoms with Crippen LogP contribution < -0.4 is 5.32 Å². The van der Waals surface area contributed by atoms with Crippen LogP contribution in [0.5, 0.6) is 0 Å². The van der Waals surface area contributed by atoms with E-state index in [1.807, 2.05) is 6.92 Å². The van der Waals surface area contributed by atoms with E-state index in [0.717, 1.165) is 37.4 Å². The van der Waals surface area contributed by atoms with Crippen LogP contribution in [0.2, 0.25) is 0 Å². The van der Waals surface area contributed by atoms with Crippen LogP contribution in [0.15, 0.2) is 0 Å². The number of fused-ring (bicyclic) bond motifs is 1. The first-order chi connectivity index (χ1) is 8.85. The molecule has 0 fully saturated rings. The highest BCUT2D eigenvalue weighted by Crippen LogP contribution is 2.25. The molecule has 0 amide bonds. The summed E-state index contributed by atoms with van der Waals surface area (Å²) in [7, 11) is 0. The topological polar surface area (TPSA) is 47.0 Å². The molecule has 0 radical (unpaired) electrons. The van der Waals surface area contributed by atoms with E-state index >= 15 is 0 Å². The van der Waals surface area contributed by atoms with Crippen molar-refractivity contribution in [1.29, 1.82) is 0 Å². The Labute approximate surface area is 109 Å². The lowest BCUT2D eigenvalue weighted by atomic mass is 9.96. The predicted octanol–water partition coefficient (Wildman–Crippen LogP) is 2.71. The number of hydrogen-bond donors (Lipinski definition) is 1.